The minimum Gasteiger partial charge on any atom is -0.489 e. The van der Waals surface area contributed by atoms with Gasteiger partial charge in [0, 0.05) is 11.3 Å². The van der Waals surface area contributed by atoms with Crippen molar-refractivity contribution in [1.82, 2.24) is 0 Å². The summed E-state index contributed by atoms with van der Waals surface area (Å²) in [6.07, 6.45) is 1.90. The van der Waals surface area contributed by atoms with Crippen molar-refractivity contribution in [2.75, 3.05) is 5.32 Å². The van der Waals surface area contributed by atoms with Gasteiger partial charge in [0.2, 0.25) is 0 Å². The molecule has 3 nitrogen and oxygen atoms in total. The lowest BCUT2D eigenvalue weighted by atomic mass is 10.0. The highest BCUT2D eigenvalue weighted by molar-refractivity contribution is 6.29. The molecule has 152 valence electrons. The molecule has 0 saturated carbocycles. The fraction of sp³-hybridized carbons (Fsp3) is 0.0357. The lowest BCUT2D eigenvalue weighted by molar-refractivity contribution is -0.111. The molecule has 4 aromatic rings. The summed E-state index contributed by atoms with van der Waals surface area (Å²) in [5.41, 5.74) is 4.27. The highest BCUT2D eigenvalue weighted by atomic mass is 16.5. The second-order valence-corrected chi connectivity index (χ2v) is 7.09. The minimum atomic E-state index is -0.159. The zero-order valence-corrected chi connectivity index (χ0v) is 17.1. The maximum absolute atomic E-state index is 13.1. The summed E-state index contributed by atoms with van der Waals surface area (Å²) < 4.78 is 5.82. The number of amides is 1. The molecule has 1 N–H and O–H groups in total. The molecule has 0 atom stereocenters. The number of ether oxygens (including phenoxy) is 1. The van der Waals surface area contributed by atoms with Crippen molar-refractivity contribution >= 4 is 23.2 Å². The molecule has 4 aromatic carbocycles. The molecule has 4 rings (SSSR count). The number of carbonyl (C=O) groups excluding carboxylic acids is 1. The predicted molar refractivity (Wildman–Crippen MR) is 127 cm³/mol. The number of benzene rings is 4. The maximum atomic E-state index is 13.1. The van der Waals surface area contributed by atoms with Gasteiger partial charge in [-0.05, 0) is 47.0 Å². The van der Waals surface area contributed by atoms with Crippen molar-refractivity contribution in [3.05, 3.63) is 132 Å². The maximum Gasteiger partial charge on any atom is 0.256 e. The van der Waals surface area contributed by atoms with Crippen LogP contribution in [0.25, 0.3) is 11.6 Å². The zero-order valence-electron chi connectivity index (χ0n) is 17.1. The first-order valence-corrected chi connectivity index (χ1v) is 10.2. The molecule has 0 aliphatic carbocycles. The molecule has 0 bridgehead atoms. The second kappa shape index (κ2) is 10.1. The Labute approximate surface area is 182 Å². The van der Waals surface area contributed by atoms with Crippen molar-refractivity contribution in [2.45, 2.75) is 6.61 Å². The van der Waals surface area contributed by atoms with Gasteiger partial charge in [0.25, 0.3) is 5.91 Å². The summed E-state index contributed by atoms with van der Waals surface area (Å²) in [6, 6.07) is 37.0. The molecule has 31 heavy (non-hydrogen) atoms. The van der Waals surface area contributed by atoms with Crippen molar-refractivity contribution in [1.29, 1.82) is 0 Å². The van der Waals surface area contributed by atoms with Gasteiger partial charge in [-0.15, -0.1) is 0 Å². The summed E-state index contributed by atoms with van der Waals surface area (Å²) >= 11 is 0. The summed E-state index contributed by atoms with van der Waals surface area (Å²) in [7, 11) is 0. The zero-order chi connectivity index (χ0) is 21.3. The van der Waals surface area contributed by atoms with Gasteiger partial charge in [0.05, 0.1) is 0 Å². The second-order valence-electron chi connectivity index (χ2n) is 7.09. The lowest BCUT2D eigenvalue weighted by Crippen LogP contribution is -2.13. The van der Waals surface area contributed by atoms with E-state index in [1.807, 2.05) is 121 Å². The fourth-order valence-electron chi connectivity index (χ4n) is 3.19. The quantitative estimate of drug-likeness (QED) is 0.284. The smallest absolute Gasteiger partial charge is 0.256 e. The molecule has 1 amide bonds. The highest BCUT2D eigenvalue weighted by Gasteiger charge is 2.12. The van der Waals surface area contributed by atoms with Gasteiger partial charge in [-0.1, -0.05) is 91.0 Å². The van der Waals surface area contributed by atoms with Gasteiger partial charge in [-0.3, -0.25) is 4.79 Å². The molecular weight excluding hydrogens is 382 g/mol. The first-order chi connectivity index (χ1) is 15.3. The normalized spacial score (nSPS) is 11.0. The van der Waals surface area contributed by atoms with E-state index in [2.05, 4.69) is 5.32 Å². The van der Waals surface area contributed by atoms with Crippen LogP contribution in [0.3, 0.4) is 0 Å². The Morgan fingerprint density at radius 2 is 1.29 bits per heavy atom. The van der Waals surface area contributed by atoms with Gasteiger partial charge < -0.3 is 10.1 Å². The third-order valence-electron chi connectivity index (χ3n) is 4.80. The van der Waals surface area contributed by atoms with E-state index in [0.717, 1.165) is 22.4 Å². The van der Waals surface area contributed by atoms with Crippen molar-refractivity contribution < 1.29 is 9.53 Å². The van der Waals surface area contributed by atoms with E-state index in [0.29, 0.717) is 17.9 Å². The van der Waals surface area contributed by atoms with Crippen LogP contribution in [0.1, 0.15) is 16.7 Å². The number of hydrogen-bond donors (Lipinski definition) is 1. The average molecular weight is 405 g/mol. The average Bonchev–Trinajstić information content (AvgIpc) is 2.84. The van der Waals surface area contributed by atoms with Crippen molar-refractivity contribution in [3.63, 3.8) is 0 Å². The van der Waals surface area contributed by atoms with E-state index < -0.39 is 0 Å². The van der Waals surface area contributed by atoms with E-state index in [-0.39, 0.29) is 5.91 Å². The number of nitrogens with one attached hydrogen (secondary N) is 1. The molecule has 0 spiro atoms. The van der Waals surface area contributed by atoms with Gasteiger partial charge in [-0.25, -0.2) is 0 Å². The van der Waals surface area contributed by atoms with Crippen LogP contribution in [0.2, 0.25) is 0 Å². The summed E-state index contributed by atoms with van der Waals surface area (Å²) in [5.74, 6) is 0.595. The third-order valence-corrected chi connectivity index (χ3v) is 4.80. The number of rotatable bonds is 7. The number of carbonyl (C=O) groups is 1. The van der Waals surface area contributed by atoms with Crippen LogP contribution in [0.15, 0.2) is 115 Å². The first-order valence-electron chi connectivity index (χ1n) is 10.2. The molecule has 3 heteroatoms. The van der Waals surface area contributed by atoms with E-state index >= 15 is 0 Å². The standard InChI is InChI=1S/C28H23NO2/c30-28(27(24-14-8-3-9-15-24)20-22-10-4-1-5-11-22)29-25-16-18-26(19-17-25)31-21-23-12-6-2-7-13-23/h1-20H,21H2,(H,29,30)/b27-20+. The SMILES string of the molecule is O=C(Nc1ccc(OCc2ccccc2)cc1)/C(=C/c1ccccc1)c1ccccc1. The van der Waals surface area contributed by atoms with Crippen LogP contribution in [0.4, 0.5) is 5.69 Å². The molecule has 0 aromatic heterocycles. The Morgan fingerprint density at radius 1 is 0.710 bits per heavy atom. The monoisotopic (exact) mass is 405 g/mol. The molecule has 0 saturated heterocycles. The minimum absolute atomic E-state index is 0.159. The third kappa shape index (κ3) is 5.71. The number of hydrogen-bond acceptors (Lipinski definition) is 2. The first kappa shape index (κ1) is 20.2. The molecule has 0 fully saturated rings. The van der Waals surface area contributed by atoms with E-state index in [4.69, 9.17) is 4.74 Å². The number of anilines is 1. The summed E-state index contributed by atoms with van der Waals surface area (Å²) in [5, 5.41) is 3.00. The van der Waals surface area contributed by atoms with Gasteiger partial charge >= 0.3 is 0 Å². The predicted octanol–water partition coefficient (Wildman–Crippen LogP) is 6.44. The fourth-order valence-corrected chi connectivity index (χ4v) is 3.19. The van der Waals surface area contributed by atoms with Crippen LogP contribution < -0.4 is 10.1 Å². The largest absolute Gasteiger partial charge is 0.489 e. The Kier molecular flexibility index (Phi) is 6.56. The summed E-state index contributed by atoms with van der Waals surface area (Å²) in [6.45, 7) is 0.504. The molecule has 0 aliphatic heterocycles. The van der Waals surface area contributed by atoms with E-state index in [1.54, 1.807) is 0 Å². The Morgan fingerprint density at radius 3 is 1.94 bits per heavy atom. The highest BCUT2D eigenvalue weighted by Crippen LogP contribution is 2.22. The lowest BCUT2D eigenvalue weighted by Gasteiger charge is -2.11. The van der Waals surface area contributed by atoms with E-state index in [1.165, 1.54) is 0 Å². The molecule has 0 radical (unpaired) electrons. The van der Waals surface area contributed by atoms with E-state index in [9.17, 15) is 4.79 Å². The summed E-state index contributed by atoms with van der Waals surface area (Å²) in [4.78, 5) is 13.1. The van der Waals surface area contributed by atoms with Gasteiger partial charge in [-0.2, -0.15) is 0 Å². The molecule has 0 heterocycles. The topological polar surface area (TPSA) is 38.3 Å². The van der Waals surface area contributed by atoms with Crippen molar-refractivity contribution in [2.24, 2.45) is 0 Å². The van der Waals surface area contributed by atoms with Crippen LogP contribution in [0.5, 0.6) is 5.75 Å². The van der Waals surface area contributed by atoms with Crippen molar-refractivity contribution in [3.8, 4) is 5.75 Å². The van der Waals surface area contributed by atoms with Gasteiger partial charge in [0.15, 0.2) is 0 Å². The van der Waals surface area contributed by atoms with Crippen LogP contribution >= 0.6 is 0 Å². The Bertz CT molecular complexity index is 1140. The van der Waals surface area contributed by atoms with Gasteiger partial charge in [0.1, 0.15) is 12.4 Å². The Hall–Kier alpha value is -4.11. The van der Waals surface area contributed by atoms with Crippen LogP contribution in [-0.4, -0.2) is 5.91 Å². The van der Waals surface area contributed by atoms with Crippen LogP contribution in [-0.2, 0) is 11.4 Å². The molecule has 0 aliphatic rings. The Balaban J connectivity index is 1.47. The molecule has 0 unspecified atom stereocenters. The molecular formula is C28H23NO2. The van der Waals surface area contributed by atoms with Crippen LogP contribution in [0, 0.1) is 0 Å².